The van der Waals surface area contributed by atoms with E-state index < -0.39 is 0 Å². The lowest BCUT2D eigenvalue weighted by molar-refractivity contribution is 0.557. The lowest BCUT2D eigenvalue weighted by Crippen LogP contribution is -2.19. The third-order valence-corrected chi connectivity index (χ3v) is 5.26. The normalized spacial score (nSPS) is 20.8. The van der Waals surface area contributed by atoms with E-state index in [2.05, 4.69) is 48.3 Å². The molecule has 94 valence electrons. The Kier molecular flexibility index (Phi) is 3.87. The lowest BCUT2D eigenvalue weighted by Gasteiger charge is -2.22. The Labute approximate surface area is 121 Å². The number of aromatic nitrogens is 2. The van der Waals surface area contributed by atoms with Crippen LogP contribution in [0.15, 0.2) is 0 Å². The summed E-state index contributed by atoms with van der Waals surface area (Å²) in [4.78, 5) is 9.23. The molecule has 0 aliphatic carbocycles. The zero-order chi connectivity index (χ0) is 12.6. The summed E-state index contributed by atoms with van der Waals surface area (Å²) in [5.41, 5.74) is 7.11. The molecule has 2 rings (SSSR count). The van der Waals surface area contributed by atoms with Crippen LogP contribution >= 0.6 is 34.4 Å². The van der Waals surface area contributed by atoms with E-state index in [-0.39, 0.29) is 5.41 Å². The lowest BCUT2D eigenvalue weighted by atomic mass is 9.92. The molecular weight excluding hydrogens is 345 g/mol. The topological polar surface area (TPSA) is 51.8 Å². The maximum atomic E-state index is 6.02. The summed E-state index contributed by atoms with van der Waals surface area (Å²) >= 11 is 4.20. The molecule has 1 saturated heterocycles. The van der Waals surface area contributed by atoms with E-state index in [9.17, 15) is 0 Å². The first-order valence-corrected chi connectivity index (χ1v) is 7.97. The van der Waals surface area contributed by atoms with E-state index in [1.165, 1.54) is 18.6 Å². The van der Waals surface area contributed by atoms with Gasteiger partial charge in [-0.15, -0.1) is 0 Å². The highest BCUT2D eigenvalue weighted by molar-refractivity contribution is 14.1. The van der Waals surface area contributed by atoms with Gasteiger partial charge in [0.2, 0.25) is 0 Å². The van der Waals surface area contributed by atoms with Crippen molar-refractivity contribution >= 4 is 40.2 Å². The van der Waals surface area contributed by atoms with Crippen molar-refractivity contribution in [3.63, 3.8) is 0 Å². The highest BCUT2D eigenvalue weighted by Gasteiger charge is 2.26. The van der Waals surface area contributed by atoms with Crippen molar-refractivity contribution < 1.29 is 0 Å². The largest absolute Gasteiger partial charge is 0.383 e. The number of hydrogen-bond donors (Lipinski definition) is 1. The fourth-order valence-electron chi connectivity index (χ4n) is 1.90. The number of halogens is 1. The van der Waals surface area contributed by atoms with Crippen molar-refractivity contribution in [3.05, 3.63) is 15.1 Å². The van der Waals surface area contributed by atoms with Gasteiger partial charge in [0.1, 0.15) is 11.6 Å². The summed E-state index contributed by atoms with van der Waals surface area (Å²) in [6, 6.07) is 0. The molecule has 0 aromatic carbocycles. The Hall–Kier alpha value is -0.0400. The Balaban J connectivity index is 2.45. The van der Waals surface area contributed by atoms with E-state index in [0.717, 1.165) is 15.1 Å². The third-order valence-electron chi connectivity index (χ3n) is 2.82. The zero-order valence-electron chi connectivity index (χ0n) is 10.5. The molecule has 0 saturated carbocycles. The molecule has 1 unspecified atom stereocenters. The second-order valence-electron chi connectivity index (χ2n) is 5.38. The summed E-state index contributed by atoms with van der Waals surface area (Å²) in [6.07, 6.45) is 2.43. The zero-order valence-corrected chi connectivity index (χ0v) is 13.4. The fraction of sp³-hybridized carbons (Fsp3) is 0.667. The monoisotopic (exact) mass is 363 g/mol. The molecule has 2 N–H and O–H groups in total. The van der Waals surface area contributed by atoms with E-state index >= 15 is 0 Å². The number of nitrogens with two attached hydrogens (primary N) is 1. The Morgan fingerprint density at radius 3 is 2.59 bits per heavy atom. The van der Waals surface area contributed by atoms with Crippen molar-refractivity contribution in [1.29, 1.82) is 0 Å². The van der Waals surface area contributed by atoms with Gasteiger partial charge in [-0.05, 0) is 41.2 Å². The second-order valence-corrected chi connectivity index (χ2v) is 7.77. The second kappa shape index (κ2) is 4.91. The first-order valence-electron chi connectivity index (χ1n) is 5.84. The van der Waals surface area contributed by atoms with Crippen molar-refractivity contribution in [1.82, 2.24) is 9.97 Å². The first-order chi connectivity index (χ1) is 7.89. The molecular formula is C12H18IN3S. The first kappa shape index (κ1) is 13.4. The van der Waals surface area contributed by atoms with Gasteiger partial charge in [0, 0.05) is 5.41 Å². The van der Waals surface area contributed by atoms with Gasteiger partial charge in [-0.1, -0.05) is 20.8 Å². The van der Waals surface area contributed by atoms with Crippen LogP contribution in [0.2, 0.25) is 0 Å². The Morgan fingerprint density at radius 1 is 1.35 bits per heavy atom. The van der Waals surface area contributed by atoms with Crippen LogP contribution in [0.1, 0.15) is 50.4 Å². The van der Waals surface area contributed by atoms with E-state index in [0.29, 0.717) is 11.1 Å². The molecule has 0 amide bonds. The van der Waals surface area contributed by atoms with Crippen LogP contribution in [0.4, 0.5) is 5.82 Å². The number of thioether (sulfide) groups is 1. The average Bonchev–Trinajstić information content (AvgIpc) is 2.73. The molecule has 17 heavy (non-hydrogen) atoms. The Morgan fingerprint density at radius 2 is 2.06 bits per heavy atom. The van der Waals surface area contributed by atoms with Crippen LogP contribution in [-0.4, -0.2) is 15.7 Å². The van der Waals surface area contributed by atoms with Crippen molar-refractivity contribution in [3.8, 4) is 0 Å². The van der Waals surface area contributed by atoms with Crippen molar-refractivity contribution in [2.75, 3.05) is 11.5 Å². The average molecular weight is 363 g/mol. The predicted molar refractivity (Wildman–Crippen MR) is 82.3 cm³/mol. The van der Waals surface area contributed by atoms with Gasteiger partial charge in [0.25, 0.3) is 0 Å². The van der Waals surface area contributed by atoms with Crippen LogP contribution < -0.4 is 5.73 Å². The van der Waals surface area contributed by atoms with Crippen LogP contribution in [-0.2, 0) is 5.41 Å². The Bertz CT molecular complexity index is 422. The summed E-state index contributed by atoms with van der Waals surface area (Å²) in [5, 5.41) is 0.440. The fourth-order valence-corrected chi connectivity index (χ4v) is 4.16. The van der Waals surface area contributed by atoms with Gasteiger partial charge in [-0.25, -0.2) is 9.97 Å². The SMILES string of the molecule is CC(C)(C)c1nc(C2CCCS2)nc(N)c1I. The van der Waals surface area contributed by atoms with Crippen LogP contribution in [0.25, 0.3) is 0 Å². The maximum Gasteiger partial charge on any atom is 0.144 e. The molecule has 5 heteroatoms. The van der Waals surface area contributed by atoms with Gasteiger partial charge in [0.05, 0.1) is 14.5 Å². The predicted octanol–water partition coefficient (Wildman–Crippen LogP) is 3.53. The number of nitrogen functional groups attached to an aromatic ring is 1. The molecule has 0 radical (unpaired) electrons. The van der Waals surface area contributed by atoms with Gasteiger partial charge >= 0.3 is 0 Å². The maximum absolute atomic E-state index is 6.02. The molecule has 1 atom stereocenters. The van der Waals surface area contributed by atoms with Gasteiger partial charge in [0.15, 0.2) is 0 Å². The number of nitrogens with zero attached hydrogens (tertiary/aromatic N) is 2. The van der Waals surface area contributed by atoms with Gasteiger partial charge in [-0.2, -0.15) is 11.8 Å². The van der Waals surface area contributed by atoms with E-state index in [4.69, 9.17) is 10.7 Å². The minimum Gasteiger partial charge on any atom is -0.383 e. The summed E-state index contributed by atoms with van der Waals surface area (Å²) in [5.74, 6) is 2.77. The molecule has 1 aromatic rings. The standard InChI is InChI=1S/C12H18IN3S/c1-12(2,3)9-8(13)10(14)16-11(15-9)7-5-4-6-17-7/h7H,4-6H2,1-3H3,(H2,14,15,16). The molecule has 2 heterocycles. The molecule has 1 aliphatic heterocycles. The third kappa shape index (κ3) is 2.86. The molecule has 0 bridgehead atoms. The van der Waals surface area contributed by atoms with E-state index in [1.807, 2.05) is 11.8 Å². The summed E-state index contributed by atoms with van der Waals surface area (Å²) in [6.45, 7) is 6.51. The quantitative estimate of drug-likeness (QED) is 0.776. The van der Waals surface area contributed by atoms with E-state index in [1.54, 1.807) is 0 Å². The van der Waals surface area contributed by atoms with Crippen molar-refractivity contribution in [2.45, 2.75) is 44.3 Å². The number of hydrogen-bond acceptors (Lipinski definition) is 4. The smallest absolute Gasteiger partial charge is 0.144 e. The van der Waals surface area contributed by atoms with Crippen LogP contribution in [0.3, 0.4) is 0 Å². The molecule has 1 fully saturated rings. The highest BCUT2D eigenvalue weighted by atomic mass is 127. The molecule has 1 aromatic heterocycles. The number of anilines is 1. The van der Waals surface area contributed by atoms with Gasteiger partial charge in [-0.3, -0.25) is 0 Å². The summed E-state index contributed by atoms with van der Waals surface area (Å²) < 4.78 is 1.00. The number of rotatable bonds is 1. The highest BCUT2D eigenvalue weighted by Crippen LogP contribution is 2.39. The molecule has 3 nitrogen and oxygen atoms in total. The minimum absolute atomic E-state index is 0.0194. The molecule has 0 spiro atoms. The van der Waals surface area contributed by atoms with Crippen LogP contribution in [0.5, 0.6) is 0 Å². The van der Waals surface area contributed by atoms with Crippen LogP contribution in [0, 0.1) is 3.57 Å². The van der Waals surface area contributed by atoms with Crippen molar-refractivity contribution in [2.24, 2.45) is 0 Å². The van der Waals surface area contributed by atoms with Gasteiger partial charge < -0.3 is 5.73 Å². The summed E-state index contributed by atoms with van der Waals surface area (Å²) in [7, 11) is 0. The minimum atomic E-state index is 0.0194. The molecule has 1 aliphatic rings.